The Kier molecular flexibility index (Phi) is 10.9. The van der Waals surface area contributed by atoms with Gasteiger partial charge in [-0.05, 0) is 43.9 Å². The van der Waals surface area contributed by atoms with Gasteiger partial charge in [-0.25, -0.2) is 9.78 Å². The summed E-state index contributed by atoms with van der Waals surface area (Å²) in [5.41, 5.74) is 1.48. The van der Waals surface area contributed by atoms with Crippen LogP contribution in [-0.2, 0) is 19.1 Å². The highest BCUT2D eigenvalue weighted by Crippen LogP contribution is 2.32. The Morgan fingerprint density at radius 3 is 2.38 bits per heavy atom. The average molecular weight is 646 g/mol. The van der Waals surface area contributed by atoms with E-state index in [2.05, 4.69) is 10.3 Å². The molecule has 1 unspecified atom stereocenters. The third-order valence-electron chi connectivity index (χ3n) is 8.39. The van der Waals surface area contributed by atoms with E-state index in [0.717, 1.165) is 18.4 Å². The summed E-state index contributed by atoms with van der Waals surface area (Å²) < 4.78 is 11.1. The molecule has 2 fully saturated rings. The lowest BCUT2D eigenvalue weighted by Crippen LogP contribution is -2.56. The van der Waals surface area contributed by atoms with Crippen LogP contribution in [0.5, 0.6) is 5.75 Å². The number of nitrogens with zero attached hydrogens (tertiary/aromatic N) is 4. The molecule has 2 atom stereocenters. The molecule has 13 heteroatoms. The molecule has 0 bridgehead atoms. The predicted molar refractivity (Wildman–Crippen MR) is 171 cm³/mol. The van der Waals surface area contributed by atoms with Crippen molar-refractivity contribution in [1.29, 1.82) is 0 Å². The quantitative estimate of drug-likeness (QED) is 0.319. The topological polar surface area (TPSA) is 159 Å². The van der Waals surface area contributed by atoms with Crippen LogP contribution < -0.4 is 10.1 Å². The van der Waals surface area contributed by atoms with Gasteiger partial charge in [-0.1, -0.05) is 42.5 Å². The molecular weight excluding hydrogens is 606 g/mol. The minimum Gasteiger partial charge on any atom is -0.483 e. The van der Waals surface area contributed by atoms with Crippen molar-refractivity contribution < 1.29 is 38.6 Å². The number of likely N-dealkylation sites (tertiary alicyclic amines) is 1. The number of para-hydroxylation sites is 1. The molecule has 2 aliphatic heterocycles. The van der Waals surface area contributed by atoms with Crippen molar-refractivity contribution in [2.24, 2.45) is 0 Å². The van der Waals surface area contributed by atoms with Gasteiger partial charge in [-0.3, -0.25) is 19.2 Å². The van der Waals surface area contributed by atoms with Gasteiger partial charge >= 0.3 is 12.1 Å². The number of piperazine rings is 1. The van der Waals surface area contributed by atoms with Crippen LogP contribution in [0.3, 0.4) is 0 Å². The smallest absolute Gasteiger partial charge is 0.409 e. The second kappa shape index (κ2) is 15.4. The van der Waals surface area contributed by atoms with Crippen molar-refractivity contribution in [3.8, 4) is 5.75 Å². The van der Waals surface area contributed by atoms with Crippen LogP contribution in [0.2, 0.25) is 0 Å². The summed E-state index contributed by atoms with van der Waals surface area (Å²) in [6.07, 6.45) is 0.801. The van der Waals surface area contributed by atoms with E-state index >= 15 is 0 Å². The number of hydrogen-bond acceptors (Lipinski definition) is 8. The molecule has 2 aliphatic rings. The van der Waals surface area contributed by atoms with Gasteiger partial charge in [0.25, 0.3) is 11.8 Å². The number of aromatic nitrogens is 1. The van der Waals surface area contributed by atoms with Gasteiger partial charge in [0, 0.05) is 50.6 Å². The van der Waals surface area contributed by atoms with Crippen molar-refractivity contribution in [3.63, 3.8) is 0 Å². The minimum absolute atomic E-state index is 0.0313. The fourth-order valence-corrected chi connectivity index (χ4v) is 5.99. The molecule has 248 valence electrons. The molecule has 1 aromatic heterocycles. The van der Waals surface area contributed by atoms with Crippen LogP contribution in [0, 0.1) is 0 Å². The number of carboxylic acid groups (broad SMARTS) is 1. The molecule has 3 heterocycles. The summed E-state index contributed by atoms with van der Waals surface area (Å²) >= 11 is 0. The number of fused-ring (bicyclic) bond motifs is 1. The van der Waals surface area contributed by atoms with E-state index < -0.39 is 29.9 Å². The number of pyridine rings is 1. The molecule has 5 rings (SSSR count). The molecule has 3 aromatic rings. The Morgan fingerprint density at radius 2 is 1.66 bits per heavy atom. The van der Waals surface area contributed by atoms with Crippen molar-refractivity contribution >= 4 is 40.7 Å². The van der Waals surface area contributed by atoms with Crippen LogP contribution in [0.4, 0.5) is 4.79 Å². The second-order valence-electron chi connectivity index (χ2n) is 11.4. The minimum atomic E-state index is -1.14. The highest BCUT2D eigenvalue weighted by atomic mass is 16.6. The molecule has 4 amide bonds. The predicted octanol–water partition coefficient (Wildman–Crippen LogP) is 3.24. The number of carbonyl (C=O) groups is 5. The van der Waals surface area contributed by atoms with Crippen LogP contribution in [0.25, 0.3) is 10.9 Å². The maximum absolute atomic E-state index is 13.6. The highest BCUT2D eigenvalue weighted by Gasteiger charge is 2.32. The number of carbonyl (C=O) groups excluding carboxylic acids is 4. The van der Waals surface area contributed by atoms with Gasteiger partial charge in [-0.15, -0.1) is 0 Å². The van der Waals surface area contributed by atoms with Crippen LogP contribution in [0.15, 0.2) is 60.7 Å². The summed E-state index contributed by atoms with van der Waals surface area (Å²) in [4.78, 5) is 73.1. The van der Waals surface area contributed by atoms with E-state index in [4.69, 9.17) is 9.47 Å². The lowest BCUT2D eigenvalue weighted by Gasteiger charge is -2.35. The highest BCUT2D eigenvalue weighted by molar-refractivity contribution is 5.99. The van der Waals surface area contributed by atoms with Crippen molar-refractivity contribution in [1.82, 2.24) is 25.0 Å². The number of rotatable bonds is 11. The number of hydrogen-bond donors (Lipinski definition) is 2. The van der Waals surface area contributed by atoms with Crippen LogP contribution in [0.1, 0.15) is 54.7 Å². The Balaban J connectivity index is 1.30. The van der Waals surface area contributed by atoms with Gasteiger partial charge in [0.1, 0.15) is 17.5 Å². The van der Waals surface area contributed by atoms with Crippen molar-refractivity contribution in [3.05, 3.63) is 71.9 Å². The van der Waals surface area contributed by atoms with Gasteiger partial charge in [0.2, 0.25) is 5.91 Å². The SMILES string of the molecule is CCOC(=O)N1CCN(C(=O)[C@H](CCC(=O)O)NC(=O)c2cc(OCC(=O)N3CCCC3c3ccccc3)c3ccccc3n2)CC1. The summed E-state index contributed by atoms with van der Waals surface area (Å²) in [7, 11) is 0. The van der Waals surface area contributed by atoms with E-state index in [9.17, 15) is 29.1 Å². The molecule has 2 aromatic carbocycles. The molecule has 0 saturated carbocycles. The van der Waals surface area contributed by atoms with Crippen LogP contribution in [-0.4, -0.2) is 107 Å². The second-order valence-corrected chi connectivity index (χ2v) is 11.4. The molecule has 13 nitrogen and oxygen atoms in total. The zero-order chi connectivity index (χ0) is 33.3. The lowest BCUT2D eigenvalue weighted by atomic mass is 10.0. The maximum atomic E-state index is 13.6. The Morgan fingerprint density at radius 1 is 0.957 bits per heavy atom. The third-order valence-corrected chi connectivity index (χ3v) is 8.39. The Hall–Kier alpha value is -5.20. The summed E-state index contributed by atoms with van der Waals surface area (Å²) in [5, 5.41) is 12.6. The fourth-order valence-electron chi connectivity index (χ4n) is 5.99. The summed E-state index contributed by atoms with van der Waals surface area (Å²) in [6.45, 7) is 3.24. The van der Waals surface area contributed by atoms with E-state index in [1.807, 2.05) is 35.2 Å². The average Bonchev–Trinajstić information content (AvgIpc) is 3.59. The maximum Gasteiger partial charge on any atom is 0.409 e. The number of amides is 4. The number of benzene rings is 2. The first kappa shape index (κ1) is 33.2. The Bertz CT molecular complexity index is 1610. The third kappa shape index (κ3) is 8.15. The molecule has 47 heavy (non-hydrogen) atoms. The normalized spacial score (nSPS) is 16.9. The largest absolute Gasteiger partial charge is 0.483 e. The van der Waals surface area contributed by atoms with Crippen molar-refractivity contribution in [2.45, 2.75) is 44.7 Å². The lowest BCUT2D eigenvalue weighted by molar-refractivity contribution is -0.138. The van der Waals surface area contributed by atoms with Crippen LogP contribution >= 0.6 is 0 Å². The molecule has 2 saturated heterocycles. The molecular formula is C34H39N5O8. The Labute approximate surface area is 272 Å². The monoisotopic (exact) mass is 645 g/mol. The molecule has 2 N–H and O–H groups in total. The zero-order valence-corrected chi connectivity index (χ0v) is 26.3. The van der Waals surface area contributed by atoms with Crippen molar-refractivity contribution in [2.75, 3.05) is 45.9 Å². The number of carboxylic acids is 1. The molecule has 0 radical (unpaired) electrons. The standard InChI is InChI=1S/C34H39N5O8/c1-2-46-34(45)38-19-17-37(18-20-38)33(44)26(14-15-31(41)42)36-32(43)27-21-29(24-11-6-7-12-25(24)35-27)47-22-30(40)39-16-8-13-28(39)23-9-4-3-5-10-23/h3-7,9-12,21,26,28H,2,8,13-20,22H2,1H3,(H,36,43)(H,41,42)/t26-,28?/m0/s1. The van der Waals surface area contributed by atoms with E-state index in [-0.39, 0.29) is 75.6 Å². The number of ether oxygens (including phenoxy) is 2. The van der Waals surface area contributed by atoms with E-state index in [1.165, 1.54) is 15.9 Å². The zero-order valence-electron chi connectivity index (χ0n) is 26.3. The van der Waals surface area contributed by atoms with Gasteiger partial charge in [-0.2, -0.15) is 0 Å². The molecule has 0 aliphatic carbocycles. The van der Waals surface area contributed by atoms with E-state index in [0.29, 0.717) is 17.4 Å². The number of nitrogens with one attached hydrogen (secondary N) is 1. The van der Waals surface area contributed by atoms with Gasteiger partial charge in [0.05, 0.1) is 18.2 Å². The molecule has 0 spiro atoms. The van der Waals surface area contributed by atoms with E-state index in [1.54, 1.807) is 31.2 Å². The first-order chi connectivity index (χ1) is 22.7. The first-order valence-corrected chi connectivity index (χ1v) is 15.8. The van der Waals surface area contributed by atoms with Gasteiger partial charge in [0.15, 0.2) is 6.61 Å². The number of aliphatic carboxylic acids is 1. The summed E-state index contributed by atoms with van der Waals surface area (Å²) in [6, 6.07) is 17.2. The summed E-state index contributed by atoms with van der Waals surface area (Å²) in [5.74, 6) is -2.14. The van der Waals surface area contributed by atoms with Gasteiger partial charge < -0.3 is 34.6 Å². The fraction of sp³-hybridized carbons (Fsp3) is 0.412. The first-order valence-electron chi connectivity index (χ1n) is 15.8.